The third-order valence-corrected chi connectivity index (χ3v) is 2.13. The summed E-state index contributed by atoms with van der Waals surface area (Å²) < 4.78 is 5.19. The number of methoxy groups -OCH3 is 1. The van der Waals surface area contributed by atoms with Crippen LogP contribution in [0.1, 0.15) is 10.4 Å². The highest BCUT2D eigenvalue weighted by Gasteiger charge is 2.06. The number of aldehydes is 1. The number of benzene rings is 1. The van der Waals surface area contributed by atoms with Gasteiger partial charge in [-0.05, 0) is 12.1 Å². The molecule has 14 heavy (non-hydrogen) atoms. The van der Waals surface area contributed by atoms with Crippen LogP contribution in [0.3, 0.4) is 0 Å². The maximum absolute atomic E-state index is 10.7. The topological polar surface area (TPSA) is 39.2 Å². The van der Waals surface area contributed by atoms with E-state index in [-0.39, 0.29) is 0 Å². The van der Waals surface area contributed by atoms with Gasteiger partial charge in [-0.15, -0.1) is 0 Å². The number of ether oxygens (including phenoxy) is 1. The Hall–Kier alpha value is -1.90. The zero-order chi connectivity index (χ0) is 9.97. The molecule has 0 saturated carbocycles. The zero-order valence-corrected chi connectivity index (χ0v) is 7.73. The Bertz CT molecular complexity index is 480. The number of hydrogen-bond donors (Lipinski definition) is 0. The fraction of sp³-hybridized carbons (Fsp3) is 0.0909. The van der Waals surface area contributed by atoms with Crippen LogP contribution < -0.4 is 4.74 Å². The SMILES string of the molecule is COc1c(C=O)ccc2cnccc12. The van der Waals surface area contributed by atoms with E-state index in [1.54, 1.807) is 25.6 Å². The van der Waals surface area contributed by atoms with Crippen molar-refractivity contribution in [1.82, 2.24) is 4.98 Å². The van der Waals surface area contributed by atoms with Crippen molar-refractivity contribution in [2.45, 2.75) is 0 Å². The minimum Gasteiger partial charge on any atom is -0.495 e. The van der Waals surface area contributed by atoms with Crippen LogP contribution in [0.4, 0.5) is 0 Å². The molecule has 0 aliphatic carbocycles. The Kier molecular flexibility index (Phi) is 2.14. The van der Waals surface area contributed by atoms with E-state index in [1.165, 1.54) is 0 Å². The van der Waals surface area contributed by atoms with Crippen LogP contribution in [-0.4, -0.2) is 18.4 Å². The number of rotatable bonds is 2. The molecule has 70 valence electrons. The van der Waals surface area contributed by atoms with Crippen molar-refractivity contribution >= 4 is 17.1 Å². The van der Waals surface area contributed by atoms with Crippen molar-refractivity contribution in [2.75, 3.05) is 7.11 Å². The minimum atomic E-state index is 0.561. The van der Waals surface area contributed by atoms with Gasteiger partial charge in [0.05, 0.1) is 12.7 Å². The van der Waals surface area contributed by atoms with Gasteiger partial charge in [-0.2, -0.15) is 0 Å². The summed E-state index contributed by atoms with van der Waals surface area (Å²) in [7, 11) is 1.56. The van der Waals surface area contributed by atoms with Crippen molar-refractivity contribution < 1.29 is 9.53 Å². The lowest BCUT2D eigenvalue weighted by Gasteiger charge is -2.06. The lowest BCUT2D eigenvalue weighted by Crippen LogP contribution is -1.91. The molecule has 0 spiro atoms. The molecule has 0 aliphatic rings. The Morgan fingerprint density at radius 3 is 2.93 bits per heavy atom. The molecule has 0 unspecified atom stereocenters. The first-order valence-electron chi connectivity index (χ1n) is 4.22. The van der Waals surface area contributed by atoms with Gasteiger partial charge in [0.2, 0.25) is 0 Å². The number of carbonyl (C=O) groups excluding carboxylic acids is 1. The summed E-state index contributed by atoms with van der Waals surface area (Å²) >= 11 is 0. The van der Waals surface area contributed by atoms with E-state index in [0.29, 0.717) is 11.3 Å². The molecule has 3 heteroatoms. The summed E-state index contributed by atoms with van der Waals surface area (Å²) in [5.41, 5.74) is 0.561. The maximum atomic E-state index is 10.7. The number of fused-ring (bicyclic) bond motifs is 1. The van der Waals surface area contributed by atoms with E-state index in [2.05, 4.69) is 4.98 Å². The van der Waals surface area contributed by atoms with Crippen LogP contribution in [0.15, 0.2) is 30.6 Å². The van der Waals surface area contributed by atoms with Crippen molar-refractivity contribution in [3.05, 3.63) is 36.2 Å². The molecule has 3 nitrogen and oxygen atoms in total. The summed E-state index contributed by atoms with van der Waals surface area (Å²) in [6.45, 7) is 0. The average Bonchev–Trinajstić information content (AvgIpc) is 2.27. The van der Waals surface area contributed by atoms with Gasteiger partial charge in [-0.25, -0.2) is 0 Å². The van der Waals surface area contributed by atoms with Crippen LogP contribution in [-0.2, 0) is 0 Å². The van der Waals surface area contributed by atoms with E-state index < -0.39 is 0 Å². The summed E-state index contributed by atoms with van der Waals surface area (Å²) in [6, 6.07) is 5.42. The predicted octanol–water partition coefficient (Wildman–Crippen LogP) is 2.06. The molecule has 1 aromatic carbocycles. The number of carbonyl (C=O) groups is 1. The standard InChI is InChI=1S/C11H9NO2/c1-14-11-9(7-13)3-2-8-6-12-5-4-10(8)11/h2-7H,1H3. The smallest absolute Gasteiger partial charge is 0.153 e. The second-order valence-electron chi connectivity index (χ2n) is 2.90. The molecule has 0 aliphatic heterocycles. The molecule has 0 bridgehead atoms. The van der Waals surface area contributed by atoms with Gasteiger partial charge in [0.1, 0.15) is 5.75 Å². The van der Waals surface area contributed by atoms with Gasteiger partial charge >= 0.3 is 0 Å². The Labute approximate surface area is 81.3 Å². The zero-order valence-electron chi connectivity index (χ0n) is 7.73. The quantitative estimate of drug-likeness (QED) is 0.675. The van der Waals surface area contributed by atoms with Gasteiger partial charge < -0.3 is 4.74 Å². The minimum absolute atomic E-state index is 0.561. The van der Waals surface area contributed by atoms with Gasteiger partial charge in [-0.1, -0.05) is 6.07 Å². The Balaban J connectivity index is 2.83. The van der Waals surface area contributed by atoms with E-state index in [0.717, 1.165) is 17.1 Å². The summed E-state index contributed by atoms with van der Waals surface area (Å²) in [4.78, 5) is 14.7. The van der Waals surface area contributed by atoms with Gasteiger partial charge in [-0.3, -0.25) is 9.78 Å². The first-order valence-corrected chi connectivity index (χ1v) is 4.22. The second kappa shape index (κ2) is 3.46. The molecule has 1 heterocycles. The predicted molar refractivity (Wildman–Crippen MR) is 53.7 cm³/mol. The fourth-order valence-corrected chi connectivity index (χ4v) is 1.48. The highest BCUT2D eigenvalue weighted by Crippen LogP contribution is 2.27. The maximum Gasteiger partial charge on any atom is 0.153 e. The third kappa shape index (κ3) is 1.23. The van der Waals surface area contributed by atoms with Crippen molar-refractivity contribution in [3.8, 4) is 5.75 Å². The van der Waals surface area contributed by atoms with E-state index in [1.807, 2.05) is 12.1 Å². The highest BCUT2D eigenvalue weighted by molar-refractivity contribution is 5.95. The lowest BCUT2D eigenvalue weighted by molar-refractivity contribution is 0.112. The first-order chi connectivity index (χ1) is 6.86. The molecule has 2 rings (SSSR count). The van der Waals surface area contributed by atoms with Crippen molar-refractivity contribution in [3.63, 3.8) is 0 Å². The highest BCUT2D eigenvalue weighted by atomic mass is 16.5. The van der Waals surface area contributed by atoms with Crippen LogP contribution >= 0.6 is 0 Å². The number of aromatic nitrogens is 1. The van der Waals surface area contributed by atoms with Crippen LogP contribution in [0.2, 0.25) is 0 Å². The molecular weight excluding hydrogens is 178 g/mol. The summed E-state index contributed by atoms with van der Waals surface area (Å²) in [5, 5.41) is 1.88. The molecule has 0 N–H and O–H groups in total. The molecule has 0 saturated heterocycles. The molecule has 0 fully saturated rings. The summed E-state index contributed by atoms with van der Waals surface area (Å²) in [5.74, 6) is 0.611. The molecule has 1 aromatic heterocycles. The Morgan fingerprint density at radius 1 is 1.36 bits per heavy atom. The number of hydrogen-bond acceptors (Lipinski definition) is 3. The second-order valence-corrected chi connectivity index (χ2v) is 2.90. The van der Waals surface area contributed by atoms with Crippen molar-refractivity contribution in [2.24, 2.45) is 0 Å². The number of pyridine rings is 1. The van der Waals surface area contributed by atoms with Gasteiger partial charge in [0.15, 0.2) is 6.29 Å². The normalized spacial score (nSPS) is 10.1. The Morgan fingerprint density at radius 2 is 2.21 bits per heavy atom. The van der Waals surface area contributed by atoms with E-state index >= 15 is 0 Å². The molecular formula is C11H9NO2. The van der Waals surface area contributed by atoms with Gasteiger partial charge in [0.25, 0.3) is 0 Å². The van der Waals surface area contributed by atoms with Crippen LogP contribution in [0.25, 0.3) is 10.8 Å². The lowest BCUT2D eigenvalue weighted by atomic mass is 10.1. The summed E-state index contributed by atoms with van der Waals surface area (Å²) in [6.07, 6.45) is 4.21. The first kappa shape index (κ1) is 8.69. The van der Waals surface area contributed by atoms with E-state index in [4.69, 9.17) is 4.74 Å². The molecule has 2 aromatic rings. The molecule has 0 radical (unpaired) electrons. The van der Waals surface area contributed by atoms with Crippen LogP contribution in [0, 0.1) is 0 Å². The largest absolute Gasteiger partial charge is 0.495 e. The average molecular weight is 187 g/mol. The van der Waals surface area contributed by atoms with Gasteiger partial charge in [0, 0.05) is 23.2 Å². The van der Waals surface area contributed by atoms with Crippen molar-refractivity contribution in [1.29, 1.82) is 0 Å². The molecule has 0 amide bonds. The van der Waals surface area contributed by atoms with Crippen LogP contribution in [0.5, 0.6) is 5.75 Å². The number of nitrogens with zero attached hydrogens (tertiary/aromatic N) is 1. The third-order valence-electron chi connectivity index (χ3n) is 2.13. The molecule has 0 atom stereocenters. The fourth-order valence-electron chi connectivity index (χ4n) is 1.48. The monoisotopic (exact) mass is 187 g/mol. The van der Waals surface area contributed by atoms with E-state index in [9.17, 15) is 4.79 Å².